The third-order valence-corrected chi connectivity index (χ3v) is 2.98. The quantitative estimate of drug-likeness (QED) is 0.815. The van der Waals surface area contributed by atoms with E-state index in [2.05, 4.69) is 5.10 Å². The molecule has 1 aromatic rings. The fourth-order valence-electron chi connectivity index (χ4n) is 1.95. The van der Waals surface area contributed by atoms with Crippen LogP contribution in [0.1, 0.15) is 24.9 Å². The van der Waals surface area contributed by atoms with Crippen LogP contribution >= 0.6 is 12.2 Å². The normalized spacial score (nSPS) is 19.1. The van der Waals surface area contributed by atoms with Crippen LogP contribution in [-0.4, -0.2) is 22.9 Å². The van der Waals surface area contributed by atoms with E-state index in [0.29, 0.717) is 5.11 Å². The minimum Gasteiger partial charge on any atom is -0.497 e. The molecular weight excluding hydrogens is 234 g/mol. The molecule has 1 heterocycles. The van der Waals surface area contributed by atoms with Gasteiger partial charge in [0.2, 0.25) is 0 Å². The Morgan fingerprint density at radius 1 is 1.47 bits per heavy atom. The minimum atomic E-state index is 0.110. The van der Waals surface area contributed by atoms with Gasteiger partial charge in [0.25, 0.3) is 0 Å². The Labute approximate surface area is 106 Å². The number of nitrogens with two attached hydrogens (primary N) is 1. The summed E-state index contributed by atoms with van der Waals surface area (Å²) in [6.07, 6.45) is 0.851. The van der Waals surface area contributed by atoms with Crippen LogP contribution in [0, 0.1) is 0 Å². The molecule has 17 heavy (non-hydrogen) atoms. The molecular formula is C12H15N3OS. The van der Waals surface area contributed by atoms with Crippen molar-refractivity contribution in [1.82, 2.24) is 5.01 Å². The summed E-state index contributed by atoms with van der Waals surface area (Å²) >= 11 is 5.01. The monoisotopic (exact) mass is 249 g/mol. The highest BCUT2D eigenvalue weighted by atomic mass is 32.1. The molecule has 0 aliphatic carbocycles. The lowest BCUT2D eigenvalue weighted by atomic mass is 10.0. The van der Waals surface area contributed by atoms with E-state index < -0.39 is 0 Å². The topological polar surface area (TPSA) is 50.8 Å². The summed E-state index contributed by atoms with van der Waals surface area (Å²) in [6.45, 7) is 1.98. The molecule has 0 spiro atoms. The molecule has 0 amide bonds. The van der Waals surface area contributed by atoms with E-state index in [0.717, 1.165) is 23.4 Å². The van der Waals surface area contributed by atoms with E-state index in [-0.39, 0.29) is 6.04 Å². The van der Waals surface area contributed by atoms with Crippen molar-refractivity contribution in [2.75, 3.05) is 7.11 Å². The molecule has 0 saturated carbocycles. The number of hydrazone groups is 1. The summed E-state index contributed by atoms with van der Waals surface area (Å²) < 4.78 is 5.13. The third-order valence-electron chi connectivity index (χ3n) is 2.79. The highest BCUT2D eigenvalue weighted by Gasteiger charge is 2.27. The highest BCUT2D eigenvalue weighted by molar-refractivity contribution is 7.80. The highest BCUT2D eigenvalue weighted by Crippen LogP contribution is 2.31. The smallest absolute Gasteiger partial charge is 0.187 e. The molecule has 1 aliphatic heterocycles. The lowest BCUT2D eigenvalue weighted by Gasteiger charge is -2.22. The number of benzene rings is 1. The van der Waals surface area contributed by atoms with Crippen LogP contribution in [0.2, 0.25) is 0 Å². The third kappa shape index (κ3) is 2.39. The first-order valence-corrected chi connectivity index (χ1v) is 5.79. The molecule has 2 rings (SSSR count). The Morgan fingerprint density at radius 3 is 2.65 bits per heavy atom. The van der Waals surface area contributed by atoms with Crippen molar-refractivity contribution in [3.05, 3.63) is 29.8 Å². The molecule has 0 bridgehead atoms. The molecule has 0 aromatic heterocycles. The van der Waals surface area contributed by atoms with Crippen LogP contribution < -0.4 is 10.5 Å². The molecule has 0 radical (unpaired) electrons. The van der Waals surface area contributed by atoms with E-state index >= 15 is 0 Å². The predicted octanol–water partition coefficient (Wildman–Crippen LogP) is 2.06. The van der Waals surface area contributed by atoms with Gasteiger partial charge in [0, 0.05) is 12.1 Å². The maximum Gasteiger partial charge on any atom is 0.187 e. The average Bonchev–Trinajstić information content (AvgIpc) is 2.72. The van der Waals surface area contributed by atoms with E-state index in [4.69, 9.17) is 22.7 Å². The molecule has 0 fully saturated rings. The number of methoxy groups -OCH3 is 1. The first kappa shape index (κ1) is 11.9. The van der Waals surface area contributed by atoms with Crippen molar-refractivity contribution in [1.29, 1.82) is 0 Å². The summed E-state index contributed by atoms with van der Waals surface area (Å²) in [5.74, 6) is 0.839. The maximum absolute atomic E-state index is 5.67. The van der Waals surface area contributed by atoms with Gasteiger partial charge in [-0.25, -0.2) is 5.01 Å². The predicted molar refractivity (Wildman–Crippen MR) is 72.1 cm³/mol. The summed E-state index contributed by atoms with van der Waals surface area (Å²) in [4.78, 5) is 0. The Morgan fingerprint density at radius 2 is 2.12 bits per heavy atom. The number of nitrogens with zero attached hydrogens (tertiary/aromatic N) is 2. The SMILES string of the molecule is COc1ccc([C@H]2CC(C)=NN2C(N)=S)cc1. The summed E-state index contributed by atoms with van der Waals surface area (Å²) in [7, 11) is 1.65. The largest absolute Gasteiger partial charge is 0.497 e. The number of ether oxygens (including phenoxy) is 1. The minimum absolute atomic E-state index is 0.110. The van der Waals surface area contributed by atoms with Gasteiger partial charge in [-0.15, -0.1) is 0 Å². The van der Waals surface area contributed by atoms with Gasteiger partial charge in [-0.3, -0.25) is 0 Å². The van der Waals surface area contributed by atoms with Gasteiger partial charge in [0.15, 0.2) is 5.11 Å². The summed E-state index contributed by atoms with van der Waals surface area (Å²) in [5.41, 5.74) is 7.85. The fraction of sp³-hybridized carbons (Fsp3) is 0.333. The van der Waals surface area contributed by atoms with Gasteiger partial charge in [-0.05, 0) is 36.8 Å². The van der Waals surface area contributed by atoms with Crippen LogP contribution in [0.3, 0.4) is 0 Å². The van der Waals surface area contributed by atoms with Crippen molar-refractivity contribution in [2.24, 2.45) is 10.8 Å². The second-order valence-electron chi connectivity index (χ2n) is 4.01. The second kappa shape index (κ2) is 4.71. The Hall–Kier alpha value is -1.62. The number of thiocarbonyl (C=S) groups is 1. The fourth-order valence-corrected chi connectivity index (χ4v) is 2.12. The van der Waals surface area contributed by atoms with Crippen molar-refractivity contribution in [2.45, 2.75) is 19.4 Å². The van der Waals surface area contributed by atoms with Crippen molar-refractivity contribution >= 4 is 23.0 Å². The Bertz CT molecular complexity index is 455. The number of hydrogen-bond donors (Lipinski definition) is 1. The average molecular weight is 249 g/mol. The first-order valence-electron chi connectivity index (χ1n) is 5.38. The van der Waals surface area contributed by atoms with E-state index in [1.165, 1.54) is 0 Å². The van der Waals surface area contributed by atoms with Gasteiger partial charge < -0.3 is 10.5 Å². The van der Waals surface area contributed by atoms with Crippen LogP contribution in [-0.2, 0) is 0 Å². The zero-order chi connectivity index (χ0) is 12.4. The van der Waals surface area contributed by atoms with Gasteiger partial charge in [0.05, 0.1) is 13.2 Å². The standard InChI is InChI=1S/C12H15N3OS/c1-8-7-11(15(14-8)12(13)17)9-3-5-10(16-2)6-4-9/h3-6,11H,7H2,1-2H3,(H2,13,17)/t11-/m1/s1. The lowest BCUT2D eigenvalue weighted by Crippen LogP contribution is -2.31. The van der Waals surface area contributed by atoms with Crippen LogP contribution in [0.15, 0.2) is 29.4 Å². The molecule has 0 saturated heterocycles. The zero-order valence-electron chi connectivity index (χ0n) is 9.88. The lowest BCUT2D eigenvalue weighted by molar-refractivity contribution is 0.371. The second-order valence-corrected chi connectivity index (χ2v) is 4.43. The van der Waals surface area contributed by atoms with Gasteiger partial charge in [-0.2, -0.15) is 5.10 Å². The molecule has 1 aliphatic rings. The summed E-state index contributed by atoms with van der Waals surface area (Å²) in [6, 6.07) is 8.01. The molecule has 1 aromatic carbocycles. The van der Waals surface area contributed by atoms with Gasteiger partial charge in [0.1, 0.15) is 5.75 Å². The molecule has 4 nitrogen and oxygen atoms in total. The van der Waals surface area contributed by atoms with Crippen LogP contribution in [0.25, 0.3) is 0 Å². The molecule has 1 atom stereocenters. The Balaban J connectivity index is 2.24. The molecule has 5 heteroatoms. The van der Waals surface area contributed by atoms with Crippen LogP contribution in [0.4, 0.5) is 0 Å². The maximum atomic E-state index is 5.67. The van der Waals surface area contributed by atoms with Crippen molar-refractivity contribution in [3.63, 3.8) is 0 Å². The number of hydrogen-bond acceptors (Lipinski definition) is 3. The van der Waals surface area contributed by atoms with E-state index in [1.807, 2.05) is 31.2 Å². The van der Waals surface area contributed by atoms with Gasteiger partial charge >= 0.3 is 0 Å². The summed E-state index contributed by atoms with van der Waals surface area (Å²) in [5, 5.41) is 6.35. The zero-order valence-corrected chi connectivity index (χ0v) is 10.7. The van der Waals surface area contributed by atoms with Crippen LogP contribution in [0.5, 0.6) is 5.75 Å². The molecule has 90 valence electrons. The van der Waals surface area contributed by atoms with E-state index in [1.54, 1.807) is 12.1 Å². The number of rotatable bonds is 2. The molecule has 2 N–H and O–H groups in total. The van der Waals surface area contributed by atoms with E-state index in [9.17, 15) is 0 Å². The van der Waals surface area contributed by atoms with Gasteiger partial charge in [-0.1, -0.05) is 12.1 Å². The Kier molecular flexibility index (Phi) is 3.28. The van der Waals surface area contributed by atoms with Crippen molar-refractivity contribution < 1.29 is 4.74 Å². The van der Waals surface area contributed by atoms with Crippen molar-refractivity contribution in [3.8, 4) is 5.75 Å². The molecule has 0 unspecified atom stereocenters. The first-order chi connectivity index (χ1) is 8.11.